The van der Waals surface area contributed by atoms with Crippen LogP contribution < -0.4 is 15.7 Å². The fourth-order valence-corrected chi connectivity index (χ4v) is 1.94. The molecular formula is C15H22N2O4. The minimum atomic E-state index is -1.27. The number of benzene rings is 1. The van der Waals surface area contributed by atoms with Gasteiger partial charge in [-0.1, -0.05) is 12.1 Å². The lowest BCUT2D eigenvalue weighted by atomic mass is 10.1. The first-order chi connectivity index (χ1) is 9.93. The summed E-state index contributed by atoms with van der Waals surface area (Å²) < 4.78 is 0. The van der Waals surface area contributed by atoms with E-state index in [-0.39, 0.29) is 18.9 Å². The molecule has 0 radical (unpaired) electrons. The lowest BCUT2D eigenvalue weighted by Crippen LogP contribution is -2.93. The molecule has 0 aromatic heterocycles. The van der Waals surface area contributed by atoms with Crippen LogP contribution in [0.5, 0.6) is 0 Å². The molecule has 1 aromatic rings. The summed E-state index contributed by atoms with van der Waals surface area (Å²) in [6, 6.07) is 4.74. The number of hydrogen-bond donors (Lipinski definition) is 3. The summed E-state index contributed by atoms with van der Waals surface area (Å²) in [4.78, 5) is 23.0. The summed E-state index contributed by atoms with van der Waals surface area (Å²) >= 11 is 0. The summed E-state index contributed by atoms with van der Waals surface area (Å²) in [5.41, 5.74) is 2.62. The normalized spacial score (nSPS) is 12.0. The van der Waals surface area contributed by atoms with Crippen LogP contribution in [0.3, 0.4) is 0 Å². The van der Waals surface area contributed by atoms with Gasteiger partial charge in [0.1, 0.15) is 6.04 Å². The molecule has 6 heteroatoms. The fourth-order valence-electron chi connectivity index (χ4n) is 1.94. The molecule has 0 spiro atoms. The van der Waals surface area contributed by atoms with Gasteiger partial charge in [0.2, 0.25) is 5.91 Å². The van der Waals surface area contributed by atoms with Crippen LogP contribution in [-0.2, 0) is 9.59 Å². The molecule has 0 unspecified atom stereocenters. The molecule has 0 saturated carbocycles. The number of carbonyl (C=O) groups excluding carboxylic acids is 2. The molecule has 0 aliphatic rings. The van der Waals surface area contributed by atoms with Gasteiger partial charge in [0, 0.05) is 18.7 Å². The monoisotopic (exact) mass is 294 g/mol. The van der Waals surface area contributed by atoms with Crippen LogP contribution in [0, 0.1) is 13.8 Å². The first-order valence-corrected chi connectivity index (χ1v) is 6.96. The van der Waals surface area contributed by atoms with Gasteiger partial charge in [-0.05, 0) is 31.0 Å². The van der Waals surface area contributed by atoms with Crippen LogP contribution >= 0.6 is 0 Å². The van der Waals surface area contributed by atoms with Gasteiger partial charge < -0.3 is 25.6 Å². The molecule has 1 aromatic carbocycles. The van der Waals surface area contributed by atoms with E-state index in [0.29, 0.717) is 18.7 Å². The quantitative estimate of drug-likeness (QED) is 0.518. The number of carboxylic acid groups (broad SMARTS) is 1. The molecular weight excluding hydrogens is 272 g/mol. The lowest BCUT2D eigenvalue weighted by molar-refractivity contribution is -0.682. The summed E-state index contributed by atoms with van der Waals surface area (Å²) in [5, 5.41) is 23.9. The van der Waals surface area contributed by atoms with Crippen molar-refractivity contribution in [3.63, 3.8) is 0 Å². The van der Waals surface area contributed by atoms with Gasteiger partial charge in [0.25, 0.3) is 0 Å². The molecule has 0 heterocycles. The predicted molar refractivity (Wildman–Crippen MR) is 76.5 cm³/mol. The average molecular weight is 294 g/mol. The Balaban J connectivity index is 2.61. The van der Waals surface area contributed by atoms with E-state index in [9.17, 15) is 14.7 Å². The second-order valence-corrected chi connectivity index (χ2v) is 5.10. The number of carboxylic acids is 1. The number of aliphatic carboxylic acids is 1. The molecule has 1 atom stereocenters. The Hall–Kier alpha value is -1.92. The zero-order valence-electron chi connectivity index (χ0n) is 12.4. The number of nitrogens with one attached hydrogen (secondary N) is 1. The fraction of sp³-hybridized carbons (Fsp3) is 0.467. The number of rotatable bonds is 8. The first-order valence-electron chi connectivity index (χ1n) is 6.96. The molecule has 0 fully saturated rings. The molecule has 6 nitrogen and oxygen atoms in total. The van der Waals surface area contributed by atoms with Crippen molar-refractivity contribution in [2.24, 2.45) is 0 Å². The van der Waals surface area contributed by atoms with Gasteiger partial charge in [-0.2, -0.15) is 0 Å². The highest BCUT2D eigenvalue weighted by Crippen LogP contribution is 2.16. The van der Waals surface area contributed by atoms with Crippen LogP contribution in [0.15, 0.2) is 18.2 Å². The third-order valence-electron chi connectivity index (χ3n) is 3.19. The van der Waals surface area contributed by atoms with Crippen LogP contribution in [0.25, 0.3) is 0 Å². The van der Waals surface area contributed by atoms with Crippen LogP contribution in [0.2, 0.25) is 0 Å². The van der Waals surface area contributed by atoms with Crippen LogP contribution in [-0.4, -0.2) is 36.2 Å². The van der Waals surface area contributed by atoms with Crippen molar-refractivity contribution in [2.75, 3.05) is 18.5 Å². The standard InChI is InChI=1S/C15H22N2O4/c1-10-4-5-11(2)12(8-10)17-14(19)9-13(15(20)21)16-6-3-7-18/h4-5,8,13,16,18H,3,6-7,9H2,1-2H3,(H,17,19)(H,20,21)/t13-/m0/s1. The minimum absolute atomic E-state index is 0.00898. The van der Waals surface area contributed by atoms with E-state index in [1.807, 2.05) is 32.0 Å². The molecule has 0 aliphatic carbocycles. The maximum absolute atomic E-state index is 12.0. The summed E-state index contributed by atoms with van der Waals surface area (Å²) in [6.07, 6.45) is 0.309. The minimum Gasteiger partial charge on any atom is -0.544 e. The number of carbonyl (C=O) groups is 2. The number of aryl methyl sites for hydroxylation is 2. The van der Waals surface area contributed by atoms with E-state index < -0.39 is 12.0 Å². The SMILES string of the molecule is Cc1ccc(C)c(NC(=O)C[C@H]([NH2+]CCCO)C(=O)[O-])c1. The topological polar surface area (TPSA) is 106 Å². The Bertz CT molecular complexity index is 502. The predicted octanol–water partition coefficient (Wildman–Crippen LogP) is -1.30. The van der Waals surface area contributed by atoms with E-state index in [2.05, 4.69) is 5.32 Å². The number of hydrogen-bond acceptors (Lipinski definition) is 4. The van der Waals surface area contributed by atoms with Crippen LogP contribution in [0.1, 0.15) is 24.0 Å². The van der Waals surface area contributed by atoms with Gasteiger partial charge in [-0.3, -0.25) is 4.79 Å². The second kappa shape index (κ2) is 8.39. The Morgan fingerprint density at radius 2 is 2.10 bits per heavy atom. The number of aliphatic hydroxyl groups is 1. The smallest absolute Gasteiger partial charge is 0.230 e. The number of aliphatic hydroxyl groups excluding tert-OH is 1. The maximum atomic E-state index is 12.0. The Morgan fingerprint density at radius 3 is 2.71 bits per heavy atom. The third kappa shape index (κ3) is 5.93. The number of anilines is 1. The van der Waals surface area contributed by atoms with Crippen molar-refractivity contribution in [2.45, 2.75) is 32.7 Å². The van der Waals surface area contributed by atoms with Crippen molar-refractivity contribution in [3.8, 4) is 0 Å². The highest BCUT2D eigenvalue weighted by atomic mass is 16.4. The average Bonchev–Trinajstić information content (AvgIpc) is 2.42. The van der Waals surface area contributed by atoms with Crippen LogP contribution in [0.4, 0.5) is 5.69 Å². The molecule has 1 amide bonds. The van der Waals surface area contributed by atoms with Gasteiger partial charge in [0.05, 0.1) is 18.9 Å². The molecule has 4 N–H and O–H groups in total. The Labute approximate surface area is 124 Å². The van der Waals surface area contributed by atoms with Gasteiger partial charge >= 0.3 is 0 Å². The molecule has 1 rings (SSSR count). The summed E-state index contributed by atoms with van der Waals surface area (Å²) in [5.74, 6) is -1.64. The second-order valence-electron chi connectivity index (χ2n) is 5.10. The number of amides is 1. The number of nitrogens with two attached hydrogens (primary N) is 1. The first kappa shape index (κ1) is 17.1. The Morgan fingerprint density at radius 1 is 1.38 bits per heavy atom. The molecule has 116 valence electrons. The van der Waals surface area contributed by atoms with E-state index in [4.69, 9.17) is 5.11 Å². The van der Waals surface area contributed by atoms with Gasteiger partial charge in [-0.25, -0.2) is 0 Å². The maximum Gasteiger partial charge on any atom is 0.230 e. The molecule has 0 bridgehead atoms. The molecule has 0 saturated heterocycles. The third-order valence-corrected chi connectivity index (χ3v) is 3.19. The van der Waals surface area contributed by atoms with E-state index in [0.717, 1.165) is 11.1 Å². The van der Waals surface area contributed by atoms with Crippen molar-refractivity contribution < 1.29 is 25.1 Å². The van der Waals surface area contributed by atoms with Crippen molar-refractivity contribution in [1.29, 1.82) is 0 Å². The summed E-state index contributed by atoms with van der Waals surface area (Å²) in [7, 11) is 0. The van der Waals surface area contributed by atoms with Gasteiger partial charge in [-0.15, -0.1) is 0 Å². The van der Waals surface area contributed by atoms with Crippen molar-refractivity contribution in [3.05, 3.63) is 29.3 Å². The van der Waals surface area contributed by atoms with E-state index in [1.165, 1.54) is 5.32 Å². The lowest BCUT2D eigenvalue weighted by Gasteiger charge is -2.16. The largest absolute Gasteiger partial charge is 0.544 e. The highest BCUT2D eigenvalue weighted by molar-refractivity contribution is 5.94. The highest BCUT2D eigenvalue weighted by Gasteiger charge is 2.18. The summed E-state index contributed by atoms with van der Waals surface area (Å²) in [6.45, 7) is 4.22. The number of quaternary nitrogens is 1. The molecule has 0 aliphatic heterocycles. The van der Waals surface area contributed by atoms with Crippen molar-refractivity contribution >= 4 is 17.6 Å². The van der Waals surface area contributed by atoms with E-state index in [1.54, 1.807) is 0 Å². The Kier molecular flexibility index (Phi) is 6.84. The molecule has 21 heavy (non-hydrogen) atoms. The zero-order valence-corrected chi connectivity index (χ0v) is 12.4. The van der Waals surface area contributed by atoms with Crippen molar-refractivity contribution in [1.82, 2.24) is 0 Å². The van der Waals surface area contributed by atoms with Gasteiger partial charge in [0.15, 0.2) is 0 Å². The zero-order chi connectivity index (χ0) is 15.8. The van der Waals surface area contributed by atoms with E-state index >= 15 is 0 Å².